The van der Waals surface area contributed by atoms with Crippen molar-refractivity contribution in [3.05, 3.63) is 237 Å². The van der Waals surface area contributed by atoms with Gasteiger partial charge in [-0.05, 0) is 117 Å². The van der Waals surface area contributed by atoms with Gasteiger partial charge in [0.05, 0.1) is 5.69 Å². The van der Waals surface area contributed by atoms with Crippen molar-refractivity contribution in [3.63, 3.8) is 0 Å². The molecule has 12 rings (SSSR count). The van der Waals surface area contributed by atoms with Crippen LogP contribution >= 0.6 is 0 Å². The fraction of sp³-hybridized carbons (Fsp3) is 0. The van der Waals surface area contributed by atoms with Gasteiger partial charge >= 0.3 is 0 Å². The van der Waals surface area contributed by atoms with E-state index in [1.807, 2.05) is 18.2 Å². The Morgan fingerprint density at radius 3 is 1.46 bits per heavy atom. The SMILES string of the molecule is c1ccc(-c2cccc(-c3ccc(N(c4ccc5oc6ccccc6c5c4)c4cccc(-c5cccc(-c6ccccc6)c5)c4-c4cccc5oc6ccccc6c45)cc3)c2)cc1. The standard InChI is InChI=1S/C60H39NO2/c1-3-15-40(16-4-1)43-19-11-20-44(37-43)42-31-33-47(34-32-42)61(48-35-36-57-53(39-48)50-23-7-9-28-55(50)62-57)54-27-13-25-49(46-22-12-21-45(38-46)41-17-5-2-6-18-41)59(54)52-26-14-30-58-60(52)51-24-8-10-29-56(51)63-58/h1-39H. The molecule has 0 spiro atoms. The highest BCUT2D eigenvalue weighted by atomic mass is 16.3. The lowest BCUT2D eigenvalue weighted by atomic mass is 9.88. The van der Waals surface area contributed by atoms with E-state index >= 15 is 0 Å². The highest BCUT2D eigenvalue weighted by Gasteiger charge is 2.24. The van der Waals surface area contributed by atoms with E-state index in [2.05, 4.69) is 223 Å². The van der Waals surface area contributed by atoms with Crippen LogP contribution in [-0.2, 0) is 0 Å². The van der Waals surface area contributed by atoms with E-state index in [1.165, 1.54) is 22.3 Å². The van der Waals surface area contributed by atoms with Gasteiger partial charge in [-0.25, -0.2) is 0 Å². The average molecular weight is 806 g/mol. The molecular formula is C60H39NO2. The minimum atomic E-state index is 0.854. The quantitative estimate of drug-likeness (QED) is 0.153. The van der Waals surface area contributed by atoms with Crippen LogP contribution in [0.3, 0.4) is 0 Å². The maximum atomic E-state index is 6.55. The van der Waals surface area contributed by atoms with Gasteiger partial charge in [-0.3, -0.25) is 0 Å². The van der Waals surface area contributed by atoms with E-state index in [0.717, 1.165) is 94.3 Å². The first-order chi connectivity index (χ1) is 31.2. The van der Waals surface area contributed by atoms with E-state index in [4.69, 9.17) is 8.83 Å². The summed E-state index contributed by atoms with van der Waals surface area (Å²) in [6, 6.07) is 84.3. The molecule has 0 aliphatic rings. The number of anilines is 3. The Bertz CT molecular complexity index is 3620. The highest BCUT2D eigenvalue weighted by molar-refractivity contribution is 6.16. The van der Waals surface area contributed by atoms with Crippen LogP contribution in [0.15, 0.2) is 245 Å². The molecule has 296 valence electrons. The van der Waals surface area contributed by atoms with Gasteiger partial charge in [0.15, 0.2) is 0 Å². The molecule has 0 N–H and O–H groups in total. The van der Waals surface area contributed by atoms with Crippen LogP contribution in [0.1, 0.15) is 0 Å². The second kappa shape index (κ2) is 15.3. The molecule has 0 bridgehead atoms. The molecule has 0 aliphatic carbocycles. The summed E-state index contributed by atoms with van der Waals surface area (Å²) in [4.78, 5) is 2.41. The number of furan rings is 2. The molecule has 0 unspecified atom stereocenters. The number of fused-ring (bicyclic) bond motifs is 6. The summed E-state index contributed by atoms with van der Waals surface area (Å²) in [5, 5.41) is 4.33. The largest absolute Gasteiger partial charge is 0.456 e. The van der Waals surface area contributed by atoms with Crippen LogP contribution in [0.25, 0.3) is 99.5 Å². The molecule has 12 aromatic rings. The van der Waals surface area contributed by atoms with Gasteiger partial charge < -0.3 is 13.7 Å². The van der Waals surface area contributed by atoms with Crippen molar-refractivity contribution in [2.24, 2.45) is 0 Å². The van der Waals surface area contributed by atoms with Crippen LogP contribution in [0.5, 0.6) is 0 Å². The van der Waals surface area contributed by atoms with E-state index in [-0.39, 0.29) is 0 Å². The molecule has 3 nitrogen and oxygen atoms in total. The summed E-state index contributed by atoms with van der Waals surface area (Å²) in [6.45, 7) is 0. The van der Waals surface area contributed by atoms with Gasteiger partial charge in [0.25, 0.3) is 0 Å². The molecule has 0 radical (unpaired) electrons. The lowest BCUT2D eigenvalue weighted by Crippen LogP contribution is -2.12. The Balaban J connectivity index is 1.11. The smallest absolute Gasteiger partial charge is 0.136 e. The maximum absolute atomic E-state index is 6.55. The van der Waals surface area contributed by atoms with Gasteiger partial charge in [0, 0.05) is 38.5 Å². The zero-order chi connectivity index (χ0) is 41.7. The minimum Gasteiger partial charge on any atom is -0.456 e. The third kappa shape index (κ3) is 6.46. The zero-order valence-corrected chi connectivity index (χ0v) is 34.3. The third-order valence-electron chi connectivity index (χ3n) is 12.3. The topological polar surface area (TPSA) is 29.5 Å². The number of hydrogen-bond acceptors (Lipinski definition) is 3. The van der Waals surface area contributed by atoms with Gasteiger partial charge in [-0.1, -0.05) is 170 Å². The Morgan fingerprint density at radius 1 is 0.270 bits per heavy atom. The van der Waals surface area contributed by atoms with Crippen LogP contribution in [0, 0.1) is 0 Å². The number of nitrogens with zero attached hydrogens (tertiary/aromatic N) is 1. The van der Waals surface area contributed by atoms with Gasteiger partial charge in [0.2, 0.25) is 0 Å². The number of rotatable bonds is 8. The molecule has 10 aromatic carbocycles. The fourth-order valence-electron chi connectivity index (χ4n) is 9.32. The van der Waals surface area contributed by atoms with Crippen molar-refractivity contribution in [2.75, 3.05) is 4.90 Å². The summed E-state index contributed by atoms with van der Waals surface area (Å²) < 4.78 is 12.9. The van der Waals surface area contributed by atoms with Crippen LogP contribution in [0.2, 0.25) is 0 Å². The van der Waals surface area contributed by atoms with Crippen molar-refractivity contribution in [3.8, 4) is 55.6 Å². The predicted molar refractivity (Wildman–Crippen MR) is 263 cm³/mol. The van der Waals surface area contributed by atoms with E-state index in [1.54, 1.807) is 0 Å². The van der Waals surface area contributed by atoms with E-state index < -0.39 is 0 Å². The molecule has 0 atom stereocenters. The number of para-hydroxylation sites is 2. The van der Waals surface area contributed by atoms with Gasteiger partial charge in [-0.15, -0.1) is 0 Å². The minimum absolute atomic E-state index is 0.854. The lowest BCUT2D eigenvalue weighted by molar-refractivity contribution is 0.668. The summed E-state index contributed by atoms with van der Waals surface area (Å²) >= 11 is 0. The molecule has 0 amide bonds. The molecule has 0 fully saturated rings. The highest BCUT2D eigenvalue weighted by Crippen LogP contribution is 2.50. The maximum Gasteiger partial charge on any atom is 0.136 e. The molecule has 2 aromatic heterocycles. The normalized spacial score (nSPS) is 11.5. The zero-order valence-electron chi connectivity index (χ0n) is 34.3. The second-order valence-electron chi connectivity index (χ2n) is 16.0. The van der Waals surface area contributed by atoms with E-state index in [0.29, 0.717) is 0 Å². The first kappa shape index (κ1) is 36.5. The summed E-state index contributed by atoms with van der Waals surface area (Å²) in [7, 11) is 0. The van der Waals surface area contributed by atoms with Crippen molar-refractivity contribution in [1.29, 1.82) is 0 Å². The monoisotopic (exact) mass is 805 g/mol. The summed E-state index contributed by atoms with van der Waals surface area (Å²) in [6.07, 6.45) is 0. The van der Waals surface area contributed by atoms with Gasteiger partial charge in [0.1, 0.15) is 22.3 Å². The molecule has 2 heterocycles. The predicted octanol–water partition coefficient (Wildman–Crippen LogP) is 17.3. The van der Waals surface area contributed by atoms with Crippen LogP contribution in [0.4, 0.5) is 17.1 Å². The lowest BCUT2D eigenvalue weighted by Gasteiger charge is -2.29. The number of benzene rings is 10. The molecule has 0 saturated heterocycles. The first-order valence-corrected chi connectivity index (χ1v) is 21.4. The van der Waals surface area contributed by atoms with Crippen molar-refractivity contribution in [1.82, 2.24) is 0 Å². The molecule has 0 saturated carbocycles. The van der Waals surface area contributed by atoms with Crippen molar-refractivity contribution >= 4 is 60.9 Å². The Kier molecular flexibility index (Phi) is 8.83. The summed E-state index contributed by atoms with van der Waals surface area (Å²) in [5.74, 6) is 0. The first-order valence-electron chi connectivity index (χ1n) is 21.4. The third-order valence-corrected chi connectivity index (χ3v) is 12.3. The fourth-order valence-corrected chi connectivity index (χ4v) is 9.32. The number of hydrogen-bond donors (Lipinski definition) is 0. The second-order valence-corrected chi connectivity index (χ2v) is 16.0. The average Bonchev–Trinajstić information content (AvgIpc) is 3.93. The van der Waals surface area contributed by atoms with Crippen molar-refractivity contribution in [2.45, 2.75) is 0 Å². The van der Waals surface area contributed by atoms with Crippen molar-refractivity contribution < 1.29 is 8.83 Å². The molecule has 63 heavy (non-hydrogen) atoms. The molecule has 3 heteroatoms. The van der Waals surface area contributed by atoms with Gasteiger partial charge in [-0.2, -0.15) is 0 Å². The molecule has 0 aliphatic heterocycles. The van der Waals surface area contributed by atoms with Crippen LogP contribution < -0.4 is 4.90 Å². The Hall–Kier alpha value is -8.40. The van der Waals surface area contributed by atoms with Crippen LogP contribution in [-0.4, -0.2) is 0 Å². The molecular weight excluding hydrogens is 767 g/mol. The Labute approximate surface area is 365 Å². The Morgan fingerprint density at radius 2 is 0.746 bits per heavy atom. The summed E-state index contributed by atoms with van der Waals surface area (Å²) in [5.41, 5.74) is 18.1. The van der Waals surface area contributed by atoms with E-state index in [9.17, 15) is 0 Å².